The highest BCUT2D eigenvalue weighted by Crippen LogP contribution is 2.36. The first-order valence-corrected chi connectivity index (χ1v) is 10.9. The molecule has 1 aromatic rings. The van der Waals surface area contributed by atoms with Crippen molar-refractivity contribution in [1.29, 1.82) is 0 Å². The van der Waals surface area contributed by atoms with Crippen LogP contribution in [0.1, 0.15) is 24.1 Å². The maximum absolute atomic E-state index is 11.5. The summed E-state index contributed by atoms with van der Waals surface area (Å²) in [6.07, 6.45) is 10.1. The van der Waals surface area contributed by atoms with Crippen molar-refractivity contribution in [2.75, 3.05) is 45.6 Å². The lowest BCUT2D eigenvalue weighted by molar-refractivity contribution is -0.117. The molecular weight excluding hydrogens is 406 g/mol. The molecule has 0 atom stereocenters. The molecule has 1 amide bonds. The summed E-state index contributed by atoms with van der Waals surface area (Å²) in [7, 11) is 3.40. The summed E-state index contributed by atoms with van der Waals surface area (Å²) in [5, 5.41) is 5.68. The number of nitrogens with zero attached hydrogens (tertiary/aromatic N) is 3. The number of piperazine rings is 1. The standard InChI is InChI=1S/C23H33N7O2/c1-26-20-11-16(13-28-21(20)12-18(15-31)17-3-4-17)14-29-7-9-30(10-8-29)22(25)6-5-19(24)23(32)27-2/h5-6,11-13,15,17,26H,3-4,7-10,14,24-25H2,1-2H3,(H,27,32)/b18-12+,19-5-,22-6+. The highest BCUT2D eigenvalue weighted by Gasteiger charge is 2.26. The molecule has 0 radical (unpaired) electrons. The van der Waals surface area contributed by atoms with Crippen LogP contribution in [0.15, 0.2) is 41.5 Å². The summed E-state index contributed by atoms with van der Waals surface area (Å²) in [6.45, 7) is 4.07. The molecule has 1 aliphatic heterocycles. The Balaban J connectivity index is 1.58. The Kier molecular flexibility index (Phi) is 7.88. The normalized spacial score (nSPS) is 18.4. The Morgan fingerprint density at radius 1 is 1.19 bits per heavy atom. The number of nitrogens with two attached hydrogens (primary N) is 2. The van der Waals surface area contributed by atoms with Crippen LogP contribution in [0.4, 0.5) is 5.69 Å². The number of anilines is 1. The molecule has 1 aliphatic carbocycles. The van der Waals surface area contributed by atoms with E-state index in [2.05, 4.69) is 31.5 Å². The second-order valence-electron chi connectivity index (χ2n) is 8.12. The van der Waals surface area contributed by atoms with Gasteiger partial charge in [0.25, 0.3) is 5.91 Å². The van der Waals surface area contributed by atoms with Crippen LogP contribution in [0.5, 0.6) is 0 Å². The van der Waals surface area contributed by atoms with E-state index in [9.17, 15) is 9.59 Å². The highest BCUT2D eigenvalue weighted by atomic mass is 16.1. The lowest BCUT2D eigenvalue weighted by Gasteiger charge is -2.36. The van der Waals surface area contributed by atoms with Crippen molar-refractivity contribution in [3.63, 3.8) is 0 Å². The van der Waals surface area contributed by atoms with Crippen LogP contribution >= 0.6 is 0 Å². The molecule has 172 valence electrons. The van der Waals surface area contributed by atoms with Crippen molar-refractivity contribution < 1.29 is 9.59 Å². The maximum Gasteiger partial charge on any atom is 0.266 e. The Bertz CT molecular complexity index is 926. The van der Waals surface area contributed by atoms with Crippen LogP contribution in [-0.4, -0.2) is 67.3 Å². The number of carbonyl (C=O) groups is 2. The summed E-state index contributed by atoms with van der Waals surface area (Å²) < 4.78 is 0. The van der Waals surface area contributed by atoms with Gasteiger partial charge < -0.3 is 27.0 Å². The van der Waals surface area contributed by atoms with Crippen molar-refractivity contribution in [3.05, 3.63) is 52.8 Å². The monoisotopic (exact) mass is 439 g/mol. The number of nitrogens with one attached hydrogen (secondary N) is 2. The topological polar surface area (TPSA) is 130 Å². The van der Waals surface area contributed by atoms with Crippen LogP contribution < -0.4 is 22.1 Å². The van der Waals surface area contributed by atoms with Gasteiger partial charge in [0.15, 0.2) is 0 Å². The second kappa shape index (κ2) is 10.8. The van der Waals surface area contributed by atoms with E-state index >= 15 is 0 Å². The summed E-state index contributed by atoms with van der Waals surface area (Å²) in [4.78, 5) is 31.8. The van der Waals surface area contributed by atoms with Crippen LogP contribution in [0.2, 0.25) is 0 Å². The number of amides is 1. The number of rotatable bonds is 9. The zero-order valence-corrected chi connectivity index (χ0v) is 18.8. The van der Waals surface area contributed by atoms with Gasteiger partial charge in [-0.05, 0) is 54.2 Å². The third-order valence-electron chi connectivity index (χ3n) is 5.80. The third kappa shape index (κ3) is 6.10. The van der Waals surface area contributed by atoms with E-state index in [0.29, 0.717) is 11.7 Å². The third-order valence-corrected chi connectivity index (χ3v) is 5.80. The van der Waals surface area contributed by atoms with Gasteiger partial charge in [-0.2, -0.15) is 0 Å². The fraction of sp³-hybridized carbons (Fsp3) is 0.435. The molecular formula is C23H33N7O2. The first kappa shape index (κ1) is 23.3. The average Bonchev–Trinajstić information content (AvgIpc) is 3.66. The number of allylic oxidation sites excluding steroid dienone is 3. The Hall–Kier alpha value is -3.33. The van der Waals surface area contributed by atoms with E-state index in [0.717, 1.165) is 74.4 Å². The van der Waals surface area contributed by atoms with Gasteiger partial charge in [0.2, 0.25) is 0 Å². The van der Waals surface area contributed by atoms with Crippen molar-refractivity contribution >= 4 is 24.0 Å². The van der Waals surface area contributed by atoms with Gasteiger partial charge in [-0.25, -0.2) is 0 Å². The number of pyridine rings is 1. The minimum Gasteiger partial charge on any atom is -0.394 e. The van der Waals surface area contributed by atoms with Gasteiger partial charge in [-0.1, -0.05) is 0 Å². The SMILES string of the molecule is CNC(=O)/C(N)=C/C=C(\N)N1CCN(Cc2cnc(/C=C(\C=O)C3CC3)c(NC)c2)CC1. The largest absolute Gasteiger partial charge is 0.394 e. The molecule has 2 aliphatic rings. The summed E-state index contributed by atoms with van der Waals surface area (Å²) in [6, 6.07) is 2.10. The minimum absolute atomic E-state index is 0.123. The lowest BCUT2D eigenvalue weighted by atomic mass is 10.1. The Morgan fingerprint density at radius 3 is 2.50 bits per heavy atom. The van der Waals surface area contributed by atoms with Gasteiger partial charge in [-0.3, -0.25) is 19.5 Å². The fourth-order valence-corrected chi connectivity index (χ4v) is 3.67. The molecule has 9 heteroatoms. The van der Waals surface area contributed by atoms with E-state index in [-0.39, 0.29) is 11.6 Å². The average molecular weight is 440 g/mol. The zero-order chi connectivity index (χ0) is 23.1. The highest BCUT2D eigenvalue weighted by molar-refractivity contribution is 5.92. The van der Waals surface area contributed by atoms with Crippen molar-refractivity contribution in [2.45, 2.75) is 19.4 Å². The first-order chi connectivity index (χ1) is 15.4. The van der Waals surface area contributed by atoms with Gasteiger partial charge >= 0.3 is 0 Å². The van der Waals surface area contributed by atoms with Crippen LogP contribution in [0.3, 0.4) is 0 Å². The van der Waals surface area contributed by atoms with Crippen LogP contribution in [0.25, 0.3) is 6.08 Å². The van der Waals surface area contributed by atoms with Crippen molar-refractivity contribution in [2.24, 2.45) is 17.4 Å². The molecule has 3 rings (SSSR count). The molecule has 1 saturated carbocycles. The van der Waals surface area contributed by atoms with Gasteiger partial charge in [0.05, 0.1) is 22.9 Å². The molecule has 32 heavy (non-hydrogen) atoms. The number of aldehydes is 1. The summed E-state index contributed by atoms with van der Waals surface area (Å²) in [5.41, 5.74) is 15.6. The zero-order valence-electron chi connectivity index (χ0n) is 18.8. The minimum atomic E-state index is -0.329. The molecule has 0 spiro atoms. The summed E-state index contributed by atoms with van der Waals surface area (Å²) >= 11 is 0. The predicted octanol–water partition coefficient (Wildman–Crippen LogP) is 0.622. The Labute approximate surface area is 189 Å². The van der Waals surface area contributed by atoms with E-state index in [1.807, 2.05) is 19.3 Å². The molecule has 1 aromatic heterocycles. The molecule has 0 unspecified atom stereocenters. The predicted molar refractivity (Wildman–Crippen MR) is 126 cm³/mol. The van der Waals surface area contributed by atoms with Crippen molar-refractivity contribution in [3.8, 4) is 0 Å². The second-order valence-corrected chi connectivity index (χ2v) is 8.12. The van der Waals surface area contributed by atoms with Crippen LogP contribution in [-0.2, 0) is 16.1 Å². The summed E-state index contributed by atoms with van der Waals surface area (Å²) in [5.74, 6) is 0.658. The van der Waals surface area contributed by atoms with E-state index in [4.69, 9.17) is 11.5 Å². The number of likely N-dealkylation sites (N-methyl/N-ethyl adjacent to an activating group) is 1. The molecule has 6 N–H and O–H groups in total. The fourth-order valence-electron chi connectivity index (χ4n) is 3.67. The molecule has 0 bridgehead atoms. The van der Waals surface area contributed by atoms with Gasteiger partial charge in [0.1, 0.15) is 6.29 Å². The Morgan fingerprint density at radius 2 is 1.91 bits per heavy atom. The number of carbonyl (C=O) groups excluding carboxylic acids is 2. The number of aromatic nitrogens is 1. The van der Waals surface area contributed by atoms with E-state index in [1.54, 1.807) is 6.08 Å². The molecule has 2 fully saturated rings. The maximum atomic E-state index is 11.5. The molecule has 9 nitrogen and oxygen atoms in total. The van der Waals surface area contributed by atoms with Gasteiger partial charge in [0, 0.05) is 53.0 Å². The van der Waals surface area contributed by atoms with Crippen LogP contribution in [0, 0.1) is 5.92 Å². The van der Waals surface area contributed by atoms with E-state index < -0.39 is 0 Å². The molecule has 1 saturated heterocycles. The number of hydrogen-bond acceptors (Lipinski definition) is 8. The smallest absolute Gasteiger partial charge is 0.266 e. The van der Waals surface area contributed by atoms with Crippen molar-refractivity contribution in [1.82, 2.24) is 20.1 Å². The quantitative estimate of drug-likeness (QED) is 0.250. The number of hydrogen-bond donors (Lipinski definition) is 4. The van der Waals surface area contributed by atoms with Gasteiger partial charge in [-0.15, -0.1) is 0 Å². The van der Waals surface area contributed by atoms with E-state index in [1.165, 1.54) is 13.1 Å². The molecule has 0 aromatic carbocycles. The first-order valence-electron chi connectivity index (χ1n) is 10.9. The molecule has 2 heterocycles. The lowest BCUT2D eigenvalue weighted by Crippen LogP contribution is -2.46.